The van der Waals surface area contributed by atoms with E-state index in [1.54, 1.807) is 6.92 Å². The molecule has 0 saturated carbocycles. The lowest BCUT2D eigenvalue weighted by Crippen LogP contribution is -2.34. The lowest BCUT2D eigenvalue weighted by molar-refractivity contribution is 0.576. The number of rotatable bonds is 3. The van der Waals surface area contributed by atoms with E-state index < -0.39 is 15.3 Å². The fourth-order valence-corrected chi connectivity index (χ4v) is 0.984. The molecular formula is C4H12N2O2S. The molecule has 3 N–H and O–H groups in total. The lowest BCUT2D eigenvalue weighted by atomic mass is 10.5. The van der Waals surface area contributed by atoms with Gasteiger partial charge in [-0.05, 0) is 14.0 Å². The molecule has 0 fully saturated rings. The van der Waals surface area contributed by atoms with Crippen LogP contribution < -0.4 is 10.5 Å². The largest absolute Gasteiger partial charge is 0.329 e. The van der Waals surface area contributed by atoms with Crippen LogP contribution in [0.3, 0.4) is 0 Å². The van der Waals surface area contributed by atoms with Crippen molar-refractivity contribution in [3.8, 4) is 0 Å². The monoisotopic (exact) mass is 152 g/mol. The Morgan fingerprint density at radius 3 is 2.22 bits per heavy atom. The maximum atomic E-state index is 10.7. The third-order valence-electron chi connectivity index (χ3n) is 1.15. The van der Waals surface area contributed by atoms with E-state index in [0.717, 1.165) is 0 Å². The van der Waals surface area contributed by atoms with Crippen molar-refractivity contribution in [3.05, 3.63) is 0 Å². The summed E-state index contributed by atoms with van der Waals surface area (Å²) in [5.41, 5.74) is 5.11. The van der Waals surface area contributed by atoms with Gasteiger partial charge in [-0.1, -0.05) is 0 Å². The Labute approximate surface area is 55.5 Å². The van der Waals surface area contributed by atoms with Gasteiger partial charge in [-0.15, -0.1) is 0 Å². The van der Waals surface area contributed by atoms with E-state index in [0.29, 0.717) is 0 Å². The highest BCUT2D eigenvalue weighted by Gasteiger charge is 2.15. The summed E-state index contributed by atoms with van der Waals surface area (Å²) in [4.78, 5) is 0. The number of sulfonamides is 1. The Morgan fingerprint density at radius 2 is 2.11 bits per heavy atom. The van der Waals surface area contributed by atoms with Crippen LogP contribution in [0.25, 0.3) is 0 Å². The first-order chi connectivity index (χ1) is 4.04. The quantitative estimate of drug-likeness (QED) is 0.538. The first kappa shape index (κ1) is 8.87. The van der Waals surface area contributed by atoms with E-state index in [1.165, 1.54) is 7.05 Å². The van der Waals surface area contributed by atoms with Crippen LogP contribution in [0.1, 0.15) is 6.92 Å². The van der Waals surface area contributed by atoms with Gasteiger partial charge >= 0.3 is 0 Å². The zero-order valence-electron chi connectivity index (χ0n) is 5.59. The van der Waals surface area contributed by atoms with Crippen LogP contribution in [0.2, 0.25) is 0 Å². The molecule has 4 nitrogen and oxygen atoms in total. The molecule has 0 aliphatic heterocycles. The molecule has 0 aliphatic rings. The highest BCUT2D eigenvalue weighted by Crippen LogP contribution is 1.92. The summed E-state index contributed by atoms with van der Waals surface area (Å²) in [7, 11) is -1.75. The van der Waals surface area contributed by atoms with Crippen LogP contribution in [-0.4, -0.2) is 27.3 Å². The summed E-state index contributed by atoms with van der Waals surface area (Å²) < 4.78 is 23.7. The van der Waals surface area contributed by atoms with Gasteiger partial charge in [0, 0.05) is 6.54 Å². The summed E-state index contributed by atoms with van der Waals surface area (Å²) in [6.45, 7) is 1.72. The zero-order valence-corrected chi connectivity index (χ0v) is 6.40. The van der Waals surface area contributed by atoms with Crippen LogP contribution in [0, 0.1) is 0 Å². The lowest BCUT2D eigenvalue weighted by Gasteiger charge is -2.07. The molecule has 0 amide bonds. The normalized spacial score (nSPS) is 15.4. The molecule has 0 heterocycles. The molecule has 1 atom stereocenters. The van der Waals surface area contributed by atoms with Gasteiger partial charge in [0.15, 0.2) is 0 Å². The first-order valence-electron chi connectivity index (χ1n) is 2.67. The summed E-state index contributed by atoms with van der Waals surface area (Å²) in [6.07, 6.45) is 0. The topological polar surface area (TPSA) is 72.2 Å². The summed E-state index contributed by atoms with van der Waals surface area (Å²) >= 11 is 0. The molecule has 0 aromatic rings. The van der Waals surface area contributed by atoms with Gasteiger partial charge in [-0.3, -0.25) is 0 Å². The van der Waals surface area contributed by atoms with Crippen LogP contribution in [0.4, 0.5) is 0 Å². The smallest absolute Gasteiger partial charge is 0.215 e. The van der Waals surface area contributed by atoms with Crippen molar-refractivity contribution in [1.82, 2.24) is 4.72 Å². The Morgan fingerprint density at radius 1 is 1.67 bits per heavy atom. The summed E-state index contributed by atoms with van der Waals surface area (Å²) in [5.74, 6) is 0. The van der Waals surface area contributed by atoms with Gasteiger partial charge in [0.25, 0.3) is 0 Å². The molecule has 0 aromatic heterocycles. The van der Waals surface area contributed by atoms with Crippen LogP contribution >= 0.6 is 0 Å². The van der Waals surface area contributed by atoms with E-state index in [9.17, 15) is 8.42 Å². The van der Waals surface area contributed by atoms with Gasteiger partial charge in [0.1, 0.15) is 0 Å². The van der Waals surface area contributed by atoms with Crippen LogP contribution in [0.15, 0.2) is 0 Å². The minimum atomic E-state index is -3.12. The molecule has 5 heteroatoms. The molecular weight excluding hydrogens is 140 g/mol. The van der Waals surface area contributed by atoms with Crippen molar-refractivity contribution in [1.29, 1.82) is 0 Å². The van der Waals surface area contributed by atoms with Crippen molar-refractivity contribution in [2.24, 2.45) is 5.73 Å². The maximum Gasteiger partial charge on any atom is 0.215 e. The summed E-state index contributed by atoms with van der Waals surface area (Å²) in [6, 6.07) is 0. The Hall–Kier alpha value is -0.130. The molecule has 56 valence electrons. The Kier molecular flexibility index (Phi) is 3.10. The second-order valence-corrected chi connectivity index (χ2v) is 4.10. The van der Waals surface area contributed by atoms with Crippen molar-refractivity contribution in [3.63, 3.8) is 0 Å². The van der Waals surface area contributed by atoms with Gasteiger partial charge in [0.2, 0.25) is 10.0 Å². The van der Waals surface area contributed by atoms with E-state index >= 15 is 0 Å². The predicted octanol–water partition coefficient (Wildman–Crippen LogP) is -1.12. The average molecular weight is 152 g/mol. The fourth-order valence-electron chi connectivity index (χ4n) is 0.328. The molecule has 0 spiro atoms. The minimum Gasteiger partial charge on any atom is -0.329 e. The molecule has 0 aliphatic carbocycles. The second kappa shape index (κ2) is 3.14. The number of nitrogens with two attached hydrogens (primary N) is 1. The van der Waals surface area contributed by atoms with Crippen molar-refractivity contribution in [2.75, 3.05) is 13.6 Å². The first-order valence-corrected chi connectivity index (χ1v) is 4.21. The Balaban J connectivity index is 4.17. The van der Waals surface area contributed by atoms with Gasteiger partial charge in [-0.2, -0.15) is 0 Å². The number of hydrogen-bond donors (Lipinski definition) is 2. The van der Waals surface area contributed by atoms with Crippen molar-refractivity contribution >= 4 is 10.0 Å². The van der Waals surface area contributed by atoms with Gasteiger partial charge in [0.05, 0.1) is 5.25 Å². The van der Waals surface area contributed by atoms with E-state index in [-0.39, 0.29) is 6.54 Å². The summed E-state index contributed by atoms with van der Waals surface area (Å²) in [5, 5.41) is -0.498. The fraction of sp³-hybridized carbons (Fsp3) is 1.00. The van der Waals surface area contributed by atoms with E-state index in [4.69, 9.17) is 5.73 Å². The Bertz CT molecular complexity index is 163. The van der Waals surface area contributed by atoms with Crippen LogP contribution in [0.5, 0.6) is 0 Å². The van der Waals surface area contributed by atoms with Crippen molar-refractivity contribution < 1.29 is 8.42 Å². The average Bonchev–Trinajstić information content (AvgIpc) is 1.86. The molecule has 0 bridgehead atoms. The number of hydrogen-bond acceptors (Lipinski definition) is 3. The van der Waals surface area contributed by atoms with Crippen molar-refractivity contribution in [2.45, 2.75) is 12.2 Å². The van der Waals surface area contributed by atoms with Crippen LogP contribution in [-0.2, 0) is 10.0 Å². The molecule has 9 heavy (non-hydrogen) atoms. The molecule has 0 saturated heterocycles. The minimum absolute atomic E-state index is 0.156. The molecule has 0 aromatic carbocycles. The molecule has 0 rings (SSSR count). The number of nitrogens with one attached hydrogen (secondary N) is 1. The molecule has 0 radical (unpaired) electrons. The highest BCUT2D eigenvalue weighted by molar-refractivity contribution is 7.90. The van der Waals surface area contributed by atoms with Gasteiger partial charge in [-0.25, -0.2) is 13.1 Å². The zero-order chi connectivity index (χ0) is 7.49. The van der Waals surface area contributed by atoms with Gasteiger partial charge < -0.3 is 5.73 Å². The molecule has 0 unspecified atom stereocenters. The highest BCUT2D eigenvalue weighted by atomic mass is 32.2. The third kappa shape index (κ3) is 2.30. The third-order valence-corrected chi connectivity index (χ3v) is 2.97. The maximum absolute atomic E-state index is 10.7. The predicted molar refractivity (Wildman–Crippen MR) is 36.5 cm³/mol. The second-order valence-electron chi connectivity index (χ2n) is 1.80. The van der Waals surface area contributed by atoms with E-state index in [1.807, 2.05) is 0 Å². The SMILES string of the molecule is CNS(=O)(=O)[C@@H](C)CN. The standard InChI is InChI=1S/C4H12N2O2S/c1-4(3-5)9(7,8)6-2/h4,6H,3,5H2,1-2H3/t4-/m0/s1. The van der Waals surface area contributed by atoms with E-state index in [2.05, 4.69) is 4.72 Å².